The lowest BCUT2D eigenvalue weighted by atomic mass is 10.0. The maximum Gasteiger partial charge on any atom is 0.387 e. The first-order valence-corrected chi connectivity index (χ1v) is 12.8. The van der Waals surface area contributed by atoms with Crippen molar-refractivity contribution in [3.05, 3.63) is 65.5 Å². The van der Waals surface area contributed by atoms with E-state index in [-0.39, 0.29) is 30.2 Å². The van der Waals surface area contributed by atoms with E-state index in [1.165, 1.54) is 13.1 Å². The Balaban J connectivity index is 1.57. The Morgan fingerprint density at radius 1 is 1.20 bits per heavy atom. The average molecular weight is 555 g/mol. The number of carbonyl (C=O) groups excluding carboxylic acids is 2. The fourth-order valence-corrected chi connectivity index (χ4v) is 4.73. The molecule has 10 nitrogen and oxygen atoms in total. The van der Waals surface area contributed by atoms with Gasteiger partial charge in [0, 0.05) is 62.3 Å². The summed E-state index contributed by atoms with van der Waals surface area (Å²) in [6, 6.07) is 11.7. The Morgan fingerprint density at radius 3 is 2.65 bits per heavy atom. The second-order valence-corrected chi connectivity index (χ2v) is 9.39. The fourth-order valence-electron chi connectivity index (χ4n) is 4.73. The summed E-state index contributed by atoms with van der Waals surface area (Å²) in [5, 5.41) is 15.0. The maximum absolute atomic E-state index is 12.9. The van der Waals surface area contributed by atoms with E-state index in [9.17, 15) is 23.5 Å². The molecule has 1 atom stereocenters. The van der Waals surface area contributed by atoms with Gasteiger partial charge in [-0.15, -0.1) is 0 Å². The van der Waals surface area contributed by atoms with Crippen LogP contribution in [0.2, 0.25) is 0 Å². The summed E-state index contributed by atoms with van der Waals surface area (Å²) in [4.78, 5) is 37.4. The van der Waals surface area contributed by atoms with Crippen LogP contribution in [0.3, 0.4) is 0 Å². The zero-order chi connectivity index (χ0) is 28.8. The van der Waals surface area contributed by atoms with E-state index >= 15 is 0 Å². The van der Waals surface area contributed by atoms with Crippen LogP contribution in [-0.4, -0.2) is 77.7 Å². The van der Waals surface area contributed by atoms with Crippen molar-refractivity contribution in [3.63, 3.8) is 0 Å². The van der Waals surface area contributed by atoms with Gasteiger partial charge in [-0.1, -0.05) is 24.3 Å². The number of aromatic nitrogens is 2. The van der Waals surface area contributed by atoms with Crippen LogP contribution in [-0.2, 0) is 11.3 Å². The van der Waals surface area contributed by atoms with Crippen molar-refractivity contribution in [2.45, 2.75) is 33.0 Å². The van der Waals surface area contributed by atoms with Crippen LogP contribution in [0.4, 0.5) is 20.4 Å². The van der Waals surface area contributed by atoms with Crippen LogP contribution >= 0.6 is 0 Å². The average Bonchev–Trinajstić information content (AvgIpc) is 2.95. The molecule has 40 heavy (non-hydrogen) atoms. The van der Waals surface area contributed by atoms with Gasteiger partial charge in [0.25, 0.3) is 5.91 Å². The third-order valence-electron chi connectivity index (χ3n) is 6.79. The highest BCUT2D eigenvalue weighted by atomic mass is 19.3. The molecule has 1 aliphatic heterocycles. The van der Waals surface area contributed by atoms with Crippen LogP contribution in [0.15, 0.2) is 48.7 Å². The Bertz CT molecular complexity index is 1370. The molecule has 0 unspecified atom stereocenters. The van der Waals surface area contributed by atoms with E-state index in [0.717, 1.165) is 16.8 Å². The number of hydrogen-bond acceptors (Lipinski definition) is 8. The number of aryl methyl sites for hydroxylation is 1. The van der Waals surface area contributed by atoms with Gasteiger partial charge in [0.15, 0.2) is 0 Å². The first kappa shape index (κ1) is 28.7. The molecule has 3 aromatic rings. The predicted octanol–water partition coefficient (Wildman–Crippen LogP) is 3.05. The van der Waals surface area contributed by atoms with E-state index in [2.05, 4.69) is 20.4 Å². The number of aliphatic hydroxyl groups is 1. The number of ether oxygens (including phenoxy) is 1. The highest BCUT2D eigenvalue weighted by Crippen LogP contribution is 2.30. The normalized spacial score (nSPS) is 15.2. The van der Waals surface area contributed by atoms with Crippen LogP contribution < -0.4 is 20.3 Å². The minimum atomic E-state index is -2.95. The molecule has 0 saturated carbocycles. The number of nitrogens with one attached hydrogen (secondary N) is 2. The van der Waals surface area contributed by atoms with Gasteiger partial charge in [-0.05, 0) is 37.6 Å². The van der Waals surface area contributed by atoms with Gasteiger partial charge in [-0.3, -0.25) is 9.59 Å². The minimum Gasteiger partial charge on any atom is -0.434 e. The molecule has 2 heterocycles. The number of nitrogens with zero attached hydrogens (tertiary/aromatic N) is 4. The van der Waals surface area contributed by atoms with E-state index in [1.54, 1.807) is 47.5 Å². The third-order valence-corrected chi connectivity index (χ3v) is 6.79. The molecule has 1 aliphatic rings. The van der Waals surface area contributed by atoms with Crippen LogP contribution in [0.25, 0.3) is 11.1 Å². The van der Waals surface area contributed by atoms with Crippen molar-refractivity contribution in [1.29, 1.82) is 0 Å². The first-order chi connectivity index (χ1) is 19.2. The second kappa shape index (κ2) is 12.7. The Hall–Kier alpha value is -4.32. The van der Waals surface area contributed by atoms with Crippen molar-refractivity contribution in [2.75, 3.05) is 43.5 Å². The zero-order valence-corrected chi connectivity index (χ0v) is 22.5. The summed E-state index contributed by atoms with van der Waals surface area (Å²) in [6.07, 6.45) is 1.72. The maximum atomic E-state index is 12.9. The summed E-state index contributed by atoms with van der Waals surface area (Å²) >= 11 is 0. The minimum absolute atomic E-state index is 0.0540. The predicted molar refractivity (Wildman–Crippen MR) is 146 cm³/mol. The Labute approximate surface area is 231 Å². The van der Waals surface area contributed by atoms with Gasteiger partial charge in [0.1, 0.15) is 12.4 Å². The number of carbonyl (C=O) groups is 2. The summed E-state index contributed by atoms with van der Waals surface area (Å²) in [6.45, 7) is 2.01. The summed E-state index contributed by atoms with van der Waals surface area (Å²) in [5.74, 6) is -0.00445. The van der Waals surface area contributed by atoms with Crippen molar-refractivity contribution in [2.24, 2.45) is 0 Å². The van der Waals surface area contributed by atoms with Crippen LogP contribution in [0.1, 0.15) is 28.5 Å². The number of para-hydroxylation sites is 1. The largest absolute Gasteiger partial charge is 0.434 e. The van der Waals surface area contributed by atoms with Crippen molar-refractivity contribution >= 4 is 23.5 Å². The Kier molecular flexibility index (Phi) is 9.10. The molecule has 0 bridgehead atoms. The summed E-state index contributed by atoms with van der Waals surface area (Å²) in [7, 11) is 1.53. The molecule has 1 fully saturated rings. The quantitative estimate of drug-likeness (QED) is 0.369. The SMILES string of the molecule is CNC(=O)c1ccc(-c2cnc(N3CCN(C(=O)CO)[C@H](C)C3)nc2C)cc1NCc1ccccc1OC(F)F. The molecular weight excluding hydrogens is 522 g/mol. The van der Waals surface area contributed by atoms with Gasteiger partial charge in [0.2, 0.25) is 11.9 Å². The van der Waals surface area contributed by atoms with E-state index < -0.39 is 13.2 Å². The van der Waals surface area contributed by atoms with Crippen molar-refractivity contribution in [3.8, 4) is 16.9 Å². The standard InChI is InChI=1S/C28H32F2N6O4/c1-17-15-35(10-11-36(17)25(38)16-37)28-33-14-22(18(2)34-28)19-8-9-21(26(39)31-3)23(12-19)32-13-20-6-4-5-7-24(20)40-27(29)30/h4-9,12,14,17,27,32,37H,10-11,13,15-16H2,1-3H3,(H,31,39)/t17-/m1/s1. The topological polar surface area (TPSA) is 120 Å². The van der Waals surface area contributed by atoms with E-state index in [1.807, 2.05) is 18.7 Å². The lowest BCUT2D eigenvalue weighted by Gasteiger charge is -2.39. The molecule has 2 aromatic carbocycles. The molecule has 4 rings (SSSR count). The molecule has 212 valence electrons. The number of alkyl halides is 2. The lowest BCUT2D eigenvalue weighted by Crippen LogP contribution is -2.55. The number of halogens is 2. The summed E-state index contributed by atoms with van der Waals surface area (Å²) in [5.41, 5.74) is 3.65. The number of amides is 2. The van der Waals surface area contributed by atoms with Crippen LogP contribution in [0, 0.1) is 6.92 Å². The third kappa shape index (κ3) is 6.45. The van der Waals surface area contributed by atoms with Crippen LogP contribution in [0.5, 0.6) is 5.75 Å². The first-order valence-electron chi connectivity index (χ1n) is 12.8. The molecular formula is C28H32F2N6O4. The molecule has 0 radical (unpaired) electrons. The van der Waals surface area contributed by atoms with Crippen molar-refractivity contribution in [1.82, 2.24) is 20.2 Å². The highest BCUT2D eigenvalue weighted by Gasteiger charge is 2.28. The molecule has 1 aromatic heterocycles. The highest BCUT2D eigenvalue weighted by molar-refractivity contribution is 6.00. The number of hydrogen-bond donors (Lipinski definition) is 3. The number of rotatable bonds is 9. The molecule has 0 aliphatic carbocycles. The monoisotopic (exact) mass is 554 g/mol. The molecule has 12 heteroatoms. The van der Waals surface area contributed by atoms with Gasteiger partial charge in [-0.2, -0.15) is 8.78 Å². The summed E-state index contributed by atoms with van der Waals surface area (Å²) < 4.78 is 30.3. The number of piperazine rings is 1. The molecule has 0 spiro atoms. The molecule has 1 saturated heterocycles. The Morgan fingerprint density at radius 2 is 1.98 bits per heavy atom. The molecule has 2 amide bonds. The van der Waals surface area contributed by atoms with Crippen molar-refractivity contribution < 1.29 is 28.2 Å². The van der Waals surface area contributed by atoms with Gasteiger partial charge >= 0.3 is 6.61 Å². The zero-order valence-electron chi connectivity index (χ0n) is 22.5. The molecule has 3 N–H and O–H groups in total. The smallest absolute Gasteiger partial charge is 0.387 e. The van der Waals surface area contributed by atoms with E-state index in [0.29, 0.717) is 42.4 Å². The van der Waals surface area contributed by atoms with E-state index in [4.69, 9.17) is 4.98 Å². The van der Waals surface area contributed by atoms with Gasteiger partial charge < -0.3 is 30.3 Å². The number of aliphatic hydroxyl groups excluding tert-OH is 1. The number of benzene rings is 2. The van der Waals surface area contributed by atoms with Gasteiger partial charge in [-0.25, -0.2) is 9.97 Å². The lowest BCUT2D eigenvalue weighted by molar-refractivity contribution is -0.136. The second-order valence-electron chi connectivity index (χ2n) is 9.39. The van der Waals surface area contributed by atoms with Gasteiger partial charge in [0.05, 0.1) is 11.3 Å². The number of anilines is 2. The fraction of sp³-hybridized carbons (Fsp3) is 0.357.